The first-order valence-corrected chi connectivity index (χ1v) is 13.8. The minimum Gasteiger partial charge on any atom is -0.357 e. The van der Waals surface area contributed by atoms with Gasteiger partial charge in [0.25, 0.3) is 10.0 Å². The highest BCUT2D eigenvalue weighted by molar-refractivity contribution is 7.89. The van der Waals surface area contributed by atoms with Crippen molar-refractivity contribution in [1.82, 2.24) is 19.7 Å². The molecule has 0 atom stereocenters. The first-order valence-electron chi connectivity index (χ1n) is 12.0. The number of thiocarbonyl (C=S) groups is 1. The van der Waals surface area contributed by atoms with E-state index in [9.17, 15) is 26.0 Å². The van der Waals surface area contributed by atoms with E-state index in [0.717, 1.165) is 22.1 Å². The molecule has 1 heterocycles. The van der Waals surface area contributed by atoms with Gasteiger partial charge in [0.1, 0.15) is 5.82 Å². The van der Waals surface area contributed by atoms with E-state index >= 15 is 0 Å². The Morgan fingerprint density at radius 3 is 2.15 bits per heavy atom. The van der Waals surface area contributed by atoms with Crippen LogP contribution in [-0.2, 0) is 35.8 Å². The molecular weight excluding hydrogens is 564 g/mol. The number of nitrogens with zero attached hydrogens (tertiary/aromatic N) is 3. The van der Waals surface area contributed by atoms with E-state index in [2.05, 4.69) is 10.3 Å². The van der Waals surface area contributed by atoms with Crippen LogP contribution in [0.2, 0.25) is 0 Å². The fourth-order valence-corrected chi connectivity index (χ4v) is 5.55. The number of rotatable bonds is 9. The van der Waals surface area contributed by atoms with E-state index < -0.39 is 34.1 Å². The summed E-state index contributed by atoms with van der Waals surface area (Å²) in [5.41, 5.74) is 0.516. The summed E-state index contributed by atoms with van der Waals surface area (Å²) in [6, 6.07) is 20.9. The van der Waals surface area contributed by atoms with Crippen LogP contribution in [-0.4, -0.2) is 27.9 Å². The van der Waals surface area contributed by atoms with Gasteiger partial charge in [0.15, 0.2) is 5.11 Å². The predicted octanol–water partition coefficient (Wildman–Crippen LogP) is 5.92. The maximum atomic E-state index is 14.0. The first-order chi connectivity index (χ1) is 19.0. The number of hydrogen-bond acceptors (Lipinski definition) is 4. The zero-order valence-corrected chi connectivity index (χ0v) is 22.6. The van der Waals surface area contributed by atoms with Gasteiger partial charge in [-0.15, -0.1) is 4.41 Å². The lowest BCUT2D eigenvalue weighted by molar-refractivity contribution is -0.137. The molecule has 4 rings (SSSR count). The molecular formula is C28H24F4N4O2S2. The van der Waals surface area contributed by atoms with Crippen LogP contribution in [0.4, 0.5) is 17.6 Å². The lowest BCUT2D eigenvalue weighted by atomic mass is 10.1. The van der Waals surface area contributed by atoms with E-state index in [1.807, 2.05) is 0 Å². The highest BCUT2D eigenvalue weighted by atomic mass is 32.2. The summed E-state index contributed by atoms with van der Waals surface area (Å²) in [6.07, 6.45) is -1.43. The summed E-state index contributed by atoms with van der Waals surface area (Å²) < 4.78 is 82.9. The molecule has 1 N–H and O–H groups in total. The Bertz CT molecular complexity index is 1540. The Morgan fingerprint density at radius 2 is 1.50 bits per heavy atom. The largest absolute Gasteiger partial charge is 0.416 e. The molecule has 12 heteroatoms. The number of hydrazine groups is 1. The van der Waals surface area contributed by atoms with Crippen molar-refractivity contribution < 1.29 is 26.0 Å². The number of hydrogen-bond donors (Lipinski definition) is 1. The minimum absolute atomic E-state index is 0.00683. The van der Waals surface area contributed by atoms with Gasteiger partial charge < -0.3 is 5.32 Å². The monoisotopic (exact) mass is 588 g/mol. The van der Waals surface area contributed by atoms with Crippen molar-refractivity contribution >= 4 is 27.4 Å². The number of halogens is 4. The van der Waals surface area contributed by atoms with Gasteiger partial charge in [-0.25, -0.2) is 12.8 Å². The van der Waals surface area contributed by atoms with Gasteiger partial charge in [0, 0.05) is 18.9 Å². The van der Waals surface area contributed by atoms with Crippen LogP contribution < -0.4 is 5.32 Å². The summed E-state index contributed by atoms with van der Waals surface area (Å²) in [5.74, 6) is -0.480. The number of pyridine rings is 1. The van der Waals surface area contributed by atoms with E-state index in [1.165, 1.54) is 53.5 Å². The van der Waals surface area contributed by atoms with Gasteiger partial charge >= 0.3 is 6.18 Å². The quantitative estimate of drug-likeness (QED) is 0.149. The summed E-state index contributed by atoms with van der Waals surface area (Å²) in [4.78, 5) is 3.89. The van der Waals surface area contributed by atoms with Crippen LogP contribution in [0.25, 0.3) is 0 Å². The maximum absolute atomic E-state index is 14.0. The van der Waals surface area contributed by atoms with Crippen LogP contribution in [0, 0.1) is 5.82 Å². The van der Waals surface area contributed by atoms with E-state index in [1.54, 1.807) is 42.7 Å². The standard InChI is InChI=1S/C28H24F4N4O2S2/c29-25-11-9-22(10-12-25)19-35(27(39)34-18-21-13-15-33-16-14-21)36(40(37,38)26-7-2-1-3-8-26)20-23-5-4-6-24(17-23)28(30,31)32/h1-17H,18-20H2,(H,34,39). The Hall–Kier alpha value is -3.87. The van der Waals surface area contributed by atoms with Crippen molar-refractivity contribution in [1.29, 1.82) is 0 Å². The maximum Gasteiger partial charge on any atom is 0.416 e. The molecule has 0 radical (unpaired) electrons. The topological polar surface area (TPSA) is 65.5 Å². The summed E-state index contributed by atoms with van der Waals surface area (Å²) >= 11 is 5.63. The van der Waals surface area contributed by atoms with Crippen molar-refractivity contribution in [3.8, 4) is 0 Å². The minimum atomic E-state index is -4.62. The van der Waals surface area contributed by atoms with E-state index in [4.69, 9.17) is 12.2 Å². The van der Waals surface area contributed by atoms with Gasteiger partial charge in [-0.05, 0) is 71.4 Å². The van der Waals surface area contributed by atoms with Crippen molar-refractivity contribution in [2.45, 2.75) is 30.7 Å². The van der Waals surface area contributed by atoms with E-state index in [0.29, 0.717) is 5.56 Å². The number of benzene rings is 3. The molecule has 40 heavy (non-hydrogen) atoms. The molecule has 0 bridgehead atoms. The Kier molecular flexibility index (Phi) is 9.13. The number of aromatic nitrogens is 1. The molecule has 1 aromatic heterocycles. The molecule has 4 aromatic rings. The van der Waals surface area contributed by atoms with Gasteiger partial charge in [-0.1, -0.05) is 48.5 Å². The highest BCUT2D eigenvalue weighted by Gasteiger charge is 2.34. The average Bonchev–Trinajstić information content (AvgIpc) is 2.95. The molecule has 0 amide bonds. The number of alkyl halides is 3. The van der Waals surface area contributed by atoms with Crippen molar-refractivity contribution in [3.63, 3.8) is 0 Å². The molecule has 0 spiro atoms. The average molecular weight is 589 g/mol. The summed E-state index contributed by atoms with van der Waals surface area (Å²) in [6.45, 7) is -0.350. The van der Waals surface area contributed by atoms with Gasteiger partial charge in [0.2, 0.25) is 0 Å². The van der Waals surface area contributed by atoms with Crippen molar-refractivity contribution in [2.75, 3.05) is 0 Å². The van der Waals surface area contributed by atoms with Crippen LogP contribution >= 0.6 is 12.2 Å². The molecule has 6 nitrogen and oxygen atoms in total. The summed E-state index contributed by atoms with van der Waals surface area (Å²) in [5, 5.41) is 4.28. The number of nitrogens with one attached hydrogen (secondary N) is 1. The molecule has 0 aliphatic heterocycles. The van der Waals surface area contributed by atoms with Crippen molar-refractivity contribution in [3.05, 3.63) is 131 Å². The van der Waals surface area contributed by atoms with Crippen LogP contribution in [0.5, 0.6) is 0 Å². The fraction of sp³-hybridized carbons (Fsp3) is 0.143. The highest BCUT2D eigenvalue weighted by Crippen LogP contribution is 2.31. The van der Waals surface area contributed by atoms with Crippen LogP contribution in [0.3, 0.4) is 0 Å². The fourth-order valence-electron chi connectivity index (χ4n) is 3.80. The number of sulfonamides is 1. The van der Waals surface area contributed by atoms with E-state index in [-0.39, 0.29) is 28.7 Å². The Morgan fingerprint density at radius 1 is 0.825 bits per heavy atom. The normalized spacial score (nSPS) is 11.8. The zero-order chi connectivity index (χ0) is 28.8. The molecule has 208 valence electrons. The van der Waals surface area contributed by atoms with Crippen molar-refractivity contribution in [2.24, 2.45) is 0 Å². The summed E-state index contributed by atoms with van der Waals surface area (Å²) in [7, 11) is -4.34. The third-order valence-corrected chi connectivity index (χ3v) is 7.94. The lowest BCUT2D eigenvalue weighted by Gasteiger charge is -2.36. The third-order valence-electron chi connectivity index (χ3n) is 5.83. The second-order valence-corrected chi connectivity index (χ2v) is 10.9. The molecule has 3 aromatic carbocycles. The Labute approximate surface area is 234 Å². The zero-order valence-electron chi connectivity index (χ0n) is 20.9. The van der Waals surface area contributed by atoms with Gasteiger partial charge in [-0.3, -0.25) is 9.99 Å². The molecule has 0 aliphatic rings. The molecule has 0 saturated heterocycles. The predicted molar refractivity (Wildman–Crippen MR) is 146 cm³/mol. The SMILES string of the molecule is O=S(=O)(c1ccccc1)N(Cc1cccc(C(F)(F)F)c1)N(Cc1ccc(F)cc1)C(=S)NCc1ccncc1. The smallest absolute Gasteiger partial charge is 0.357 e. The molecule has 0 unspecified atom stereocenters. The third kappa shape index (κ3) is 7.40. The van der Waals surface area contributed by atoms with Gasteiger partial charge in [-0.2, -0.15) is 13.2 Å². The molecule has 0 fully saturated rings. The molecule has 0 saturated carbocycles. The second-order valence-electron chi connectivity index (χ2n) is 8.69. The lowest BCUT2D eigenvalue weighted by Crippen LogP contribution is -2.52. The van der Waals surface area contributed by atoms with Crippen LogP contribution in [0.1, 0.15) is 22.3 Å². The van der Waals surface area contributed by atoms with Gasteiger partial charge in [0.05, 0.1) is 23.5 Å². The Balaban J connectivity index is 1.77. The second kappa shape index (κ2) is 12.5. The molecule has 0 aliphatic carbocycles. The van der Waals surface area contributed by atoms with Crippen LogP contribution in [0.15, 0.2) is 108 Å². The first kappa shape index (κ1) is 29.1.